The first-order valence-electron chi connectivity index (χ1n) is 5.17. The Bertz CT molecular complexity index is 309. The molecule has 2 rings (SSSR count). The van der Waals surface area contributed by atoms with Crippen molar-refractivity contribution in [2.75, 3.05) is 19.3 Å². The quantitative estimate of drug-likeness (QED) is 0.685. The van der Waals surface area contributed by atoms with Crippen LogP contribution in [0.15, 0.2) is 0 Å². The zero-order chi connectivity index (χ0) is 10.3. The molecule has 2 atom stereocenters. The highest BCUT2D eigenvalue weighted by Gasteiger charge is 2.41. The first-order valence-corrected chi connectivity index (χ1v) is 7.12. The lowest BCUT2D eigenvalue weighted by molar-refractivity contribution is 0.0983. The predicted octanol–water partition coefficient (Wildman–Crippen LogP) is -0.405. The molecule has 0 bridgehead atoms. The molecule has 0 amide bonds. The maximum Gasteiger partial charge on any atom is 0.151 e. The van der Waals surface area contributed by atoms with Crippen LogP contribution in [0.2, 0.25) is 0 Å². The molecule has 0 aromatic carbocycles. The molecule has 82 valence electrons. The molecule has 0 radical (unpaired) electrons. The van der Waals surface area contributed by atoms with E-state index in [0.717, 1.165) is 32.4 Å². The molecule has 0 aromatic heterocycles. The minimum Gasteiger partial charge on any atom is -0.325 e. The van der Waals surface area contributed by atoms with E-state index in [2.05, 4.69) is 4.90 Å². The lowest BCUT2D eigenvalue weighted by Crippen LogP contribution is -2.61. The van der Waals surface area contributed by atoms with Crippen molar-refractivity contribution in [3.05, 3.63) is 0 Å². The van der Waals surface area contributed by atoms with E-state index in [1.165, 1.54) is 6.26 Å². The molecule has 2 fully saturated rings. The third-order valence-corrected chi connectivity index (χ3v) is 5.02. The Morgan fingerprint density at radius 2 is 1.93 bits per heavy atom. The number of nitrogens with zero attached hydrogens (tertiary/aromatic N) is 1. The number of rotatable bonds is 2. The summed E-state index contributed by atoms with van der Waals surface area (Å²) in [6.07, 6.45) is 4.24. The van der Waals surface area contributed by atoms with E-state index in [1.54, 1.807) is 0 Å². The second-order valence-corrected chi connectivity index (χ2v) is 6.84. The van der Waals surface area contributed by atoms with Crippen LogP contribution in [0, 0.1) is 0 Å². The average Bonchev–Trinajstić information content (AvgIpc) is 2.44. The Labute approximate surface area is 85.4 Å². The summed E-state index contributed by atoms with van der Waals surface area (Å²) in [7, 11) is -2.87. The van der Waals surface area contributed by atoms with Crippen molar-refractivity contribution in [2.24, 2.45) is 5.73 Å². The lowest BCUT2D eigenvalue weighted by Gasteiger charge is -2.43. The normalized spacial score (nSPS) is 35.9. The van der Waals surface area contributed by atoms with Gasteiger partial charge in [-0.25, -0.2) is 8.42 Å². The van der Waals surface area contributed by atoms with Crippen LogP contribution in [-0.2, 0) is 9.84 Å². The maximum absolute atomic E-state index is 11.5. The first kappa shape index (κ1) is 10.4. The Hall–Kier alpha value is -0.130. The summed E-state index contributed by atoms with van der Waals surface area (Å²) in [5.41, 5.74) is 5.70. The molecule has 5 heteroatoms. The molecular formula is C9H18N2O2S. The minimum atomic E-state index is -2.87. The lowest BCUT2D eigenvalue weighted by atomic mass is 10.1. The topological polar surface area (TPSA) is 63.4 Å². The highest BCUT2D eigenvalue weighted by molar-refractivity contribution is 7.91. The second-order valence-electron chi connectivity index (χ2n) is 4.58. The van der Waals surface area contributed by atoms with E-state index in [1.807, 2.05) is 0 Å². The fraction of sp³-hybridized carbons (Fsp3) is 1.00. The highest BCUT2D eigenvalue weighted by Crippen LogP contribution is 2.31. The third-order valence-electron chi connectivity index (χ3n) is 3.37. The molecule has 1 saturated heterocycles. The molecule has 2 aliphatic rings. The van der Waals surface area contributed by atoms with Gasteiger partial charge in [-0.15, -0.1) is 0 Å². The van der Waals surface area contributed by atoms with Gasteiger partial charge >= 0.3 is 0 Å². The van der Waals surface area contributed by atoms with Gasteiger partial charge in [0.25, 0.3) is 0 Å². The molecule has 2 unspecified atom stereocenters. The van der Waals surface area contributed by atoms with E-state index in [9.17, 15) is 8.42 Å². The summed E-state index contributed by atoms with van der Waals surface area (Å²) < 4.78 is 23.0. The molecule has 1 aliphatic heterocycles. The van der Waals surface area contributed by atoms with Gasteiger partial charge in [-0.3, -0.25) is 4.90 Å². The SMILES string of the molecule is CS(=O)(=O)C1CCCC1N1CC(N)C1. The van der Waals surface area contributed by atoms with Crippen LogP contribution in [0.25, 0.3) is 0 Å². The monoisotopic (exact) mass is 218 g/mol. The average molecular weight is 218 g/mol. The van der Waals surface area contributed by atoms with E-state index in [-0.39, 0.29) is 17.3 Å². The molecule has 2 N–H and O–H groups in total. The number of likely N-dealkylation sites (tertiary alicyclic amines) is 1. The Kier molecular flexibility index (Phi) is 2.57. The molecule has 4 nitrogen and oxygen atoms in total. The number of nitrogens with two attached hydrogens (primary N) is 1. The van der Waals surface area contributed by atoms with Gasteiger partial charge in [0, 0.05) is 31.4 Å². The van der Waals surface area contributed by atoms with E-state index in [4.69, 9.17) is 5.73 Å². The molecule has 1 aliphatic carbocycles. The van der Waals surface area contributed by atoms with Crippen LogP contribution in [-0.4, -0.2) is 50.0 Å². The number of sulfone groups is 1. The first-order chi connectivity index (χ1) is 6.48. The van der Waals surface area contributed by atoms with Gasteiger partial charge in [0.2, 0.25) is 0 Å². The van der Waals surface area contributed by atoms with Crippen LogP contribution in [0.4, 0.5) is 0 Å². The van der Waals surface area contributed by atoms with Crippen LogP contribution in [0.5, 0.6) is 0 Å². The Balaban J connectivity index is 2.05. The van der Waals surface area contributed by atoms with E-state index >= 15 is 0 Å². The van der Waals surface area contributed by atoms with Crippen molar-refractivity contribution in [1.29, 1.82) is 0 Å². The van der Waals surface area contributed by atoms with Crippen molar-refractivity contribution in [3.8, 4) is 0 Å². The van der Waals surface area contributed by atoms with Crippen molar-refractivity contribution >= 4 is 9.84 Å². The van der Waals surface area contributed by atoms with Crippen LogP contribution < -0.4 is 5.73 Å². The number of hydrogen-bond donors (Lipinski definition) is 1. The molecular weight excluding hydrogens is 200 g/mol. The van der Waals surface area contributed by atoms with Gasteiger partial charge in [0.05, 0.1) is 5.25 Å². The second kappa shape index (κ2) is 3.47. The summed E-state index contributed by atoms with van der Waals surface area (Å²) >= 11 is 0. The summed E-state index contributed by atoms with van der Waals surface area (Å²) in [6, 6.07) is 0.501. The molecule has 0 spiro atoms. The fourth-order valence-electron chi connectivity index (χ4n) is 2.64. The molecule has 1 saturated carbocycles. The summed E-state index contributed by atoms with van der Waals surface area (Å²) in [5, 5.41) is -0.144. The maximum atomic E-state index is 11.5. The van der Waals surface area contributed by atoms with E-state index < -0.39 is 9.84 Å². The van der Waals surface area contributed by atoms with Gasteiger partial charge in [-0.05, 0) is 12.8 Å². The zero-order valence-electron chi connectivity index (χ0n) is 8.52. The van der Waals surface area contributed by atoms with Gasteiger partial charge in [-0.2, -0.15) is 0 Å². The Morgan fingerprint density at radius 1 is 1.29 bits per heavy atom. The third kappa shape index (κ3) is 1.81. The summed E-state index contributed by atoms with van der Waals surface area (Å²) in [4.78, 5) is 2.23. The van der Waals surface area contributed by atoms with Crippen molar-refractivity contribution in [3.63, 3.8) is 0 Å². The van der Waals surface area contributed by atoms with Gasteiger partial charge in [0.1, 0.15) is 0 Å². The highest BCUT2D eigenvalue weighted by atomic mass is 32.2. The van der Waals surface area contributed by atoms with Gasteiger partial charge < -0.3 is 5.73 Å². The van der Waals surface area contributed by atoms with Crippen molar-refractivity contribution in [1.82, 2.24) is 4.90 Å². The summed E-state index contributed by atoms with van der Waals surface area (Å²) in [6.45, 7) is 1.74. The predicted molar refractivity (Wildman–Crippen MR) is 55.8 cm³/mol. The largest absolute Gasteiger partial charge is 0.325 e. The molecule has 1 heterocycles. The van der Waals surface area contributed by atoms with Crippen LogP contribution >= 0.6 is 0 Å². The Morgan fingerprint density at radius 3 is 2.43 bits per heavy atom. The minimum absolute atomic E-state index is 0.144. The van der Waals surface area contributed by atoms with Crippen LogP contribution in [0.1, 0.15) is 19.3 Å². The smallest absolute Gasteiger partial charge is 0.151 e. The zero-order valence-corrected chi connectivity index (χ0v) is 9.33. The van der Waals surface area contributed by atoms with Crippen molar-refractivity contribution < 1.29 is 8.42 Å². The van der Waals surface area contributed by atoms with Crippen LogP contribution in [0.3, 0.4) is 0 Å². The number of hydrogen-bond acceptors (Lipinski definition) is 4. The van der Waals surface area contributed by atoms with Crippen molar-refractivity contribution in [2.45, 2.75) is 36.6 Å². The summed E-state index contributed by atoms with van der Waals surface area (Å²) in [5.74, 6) is 0. The standard InChI is InChI=1S/C9H18N2O2S/c1-14(12,13)9-4-2-3-8(9)11-5-7(10)6-11/h7-9H,2-6,10H2,1H3. The van der Waals surface area contributed by atoms with E-state index in [0.29, 0.717) is 0 Å². The van der Waals surface area contributed by atoms with Gasteiger partial charge in [0.15, 0.2) is 9.84 Å². The molecule has 0 aromatic rings. The van der Waals surface area contributed by atoms with Gasteiger partial charge in [-0.1, -0.05) is 6.42 Å². The molecule has 14 heavy (non-hydrogen) atoms. The fourth-order valence-corrected chi connectivity index (χ4v) is 4.12.